The molecule has 1 aliphatic heterocycles. The Morgan fingerprint density at radius 3 is 3.22 bits per heavy atom. The van der Waals surface area contributed by atoms with Gasteiger partial charge in [0.1, 0.15) is 5.78 Å². The number of hydrogen-bond acceptors (Lipinski definition) is 2. The lowest BCUT2D eigenvalue weighted by molar-refractivity contribution is -0.119. The van der Waals surface area contributed by atoms with Crippen molar-refractivity contribution in [3.05, 3.63) is 0 Å². The SMILES string of the molecule is CC1COCCC(=O)C1. The molecular weight excluding hydrogens is 116 g/mol. The molecule has 2 nitrogen and oxygen atoms in total. The maximum atomic E-state index is 10.8. The molecule has 1 fully saturated rings. The molecule has 0 aliphatic carbocycles. The lowest BCUT2D eigenvalue weighted by atomic mass is 10.1. The summed E-state index contributed by atoms with van der Waals surface area (Å²) in [4.78, 5) is 10.8. The van der Waals surface area contributed by atoms with Gasteiger partial charge in [-0.3, -0.25) is 4.79 Å². The summed E-state index contributed by atoms with van der Waals surface area (Å²) in [6.07, 6.45) is 1.32. The van der Waals surface area contributed by atoms with Gasteiger partial charge in [-0.05, 0) is 5.92 Å². The van der Waals surface area contributed by atoms with Crippen LogP contribution < -0.4 is 0 Å². The first-order chi connectivity index (χ1) is 4.29. The van der Waals surface area contributed by atoms with Gasteiger partial charge in [0.2, 0.25) is 0 Å². The molecule has 0 aromatic carbocycles. The zero-order valence-electron chi connectivity index (χ0n) is 5.72. The molecule has 0 N–H and O–H groups in total. The van der Waals surface area contributed by atoms with E-state index in [0.717, 1.165) is 6.61 Å². The molecule has 9 heavy (non-hydrogen) atoms. The van der Waals surface area contributed by atoms with E-state index in [-0.39, 0.29) is 0 Å². The van der Waals surface area contributed by atoms with Crippen molar-refractivity contribution in [1.82, 2.24) is 0 Å². The number of carbonyl (C=O) groups is 1. The number of Topliss-reactive ketones (excluding diaryl/α,β-unsaturated/α-hetero) is 1. The maximum absolute atomic E-state index is 10.8. The van der Waals surface area contributed by atoms with Crippen LogP contribution in [-0.4, -0.2) is 19.0 Å². The smallest absolute Gasteiger partial charge is 0.135 e. The van der Waals surface area contributed by atoms with E-state index in [9.17, 15) is 4.79 Å². The summed E-state index contributed by atoms with van der Waals surface area (Å²) in [5, 5.41) is 0. The Balaban J connectivity index is 2.37. The van der Waals surface area contributed by atoms with Crippen molar-refractivity contribution >= 4 is 5.78 Å². The molecule has 1 saturated heterocycles. The Labute approximate surface area is 55.2 Å². The van der Waals surface area contributed by atoms with Crippen molar-refractivity contribution in [3.8, 4) is 0 Å². The third kappa shape index (κ3) is 2.14. The van der Waals surface area contributed by atoms with Crippen LogP contribution in [0, 0.1) is 5.92 Å². The van der Waals surface area contributed by atoms with E-state index in [0.29, 0.717) is 31.1 Å². The monoisotopic (exact) mass is 128 g/mol. The van der Waals surface area contributed by atoms with Gasteiger partial charge in [0, 0.05) is 19.4 Å². The van der Waals surface area contributed by atoms with Gasteiger partial charge in [-0.2, -0.15) is 0 Å². The molecule has 1 rings (SSSR count). The molecule has 0 bridgehead atoms. The van der Waals surface area contributed by atoms with E-state index in [1.807, 2.05) is 6.92 Å². The van der Waals surface area contributed by atoms with E-state index in [4.69, 9.17) is 4.74 Å². The zero-order chi connectivity index (χ0) is 6.69. The van der Waals surface area contributed by atoms with Crippen LogP contribution in [0.1, 0.15) is 19.8 Å². The molecule has 2 heteroatoms. The first-order valence-corrected chi connectivity index (χ1v) is 3.38. The normalized spacial score (nSPS) is 29.9. The minimum atomic E-state index is 0.347. The van der Waals surface area contributed by atoms with Crippen molar-refractivity contribution < 1.29 is 9.53 Å². The third-order valence-corrected chi connectivity index (χ3v) is 1.50. The minimum absolute atomic E-state index is 0.347. The number of rotatable bonds is 0. The van der Waals surface area contributed by atoms with Crippen molar-refractivity contribution in [1.29, 1.82) is 0 Å². The van der Waals surface area contributed by atoms with E-state index < -0.39 is 0 Å². The van der Waals surface area contributed by atoms with Crippen LogP contribution in [0.25, 0.3) is 0 Å². The van der Waals surface area contributed by atoms with Gasteiger partial charge < -0.3 is 4.74 Å². The van der Waals surface area contributed by atoms with Crippen LogP contribution in [0.4, 0.5) is 0 Å². The van der Waals surface area contributed by atoms with Crippen LogP contribution in [-0.2, 0) is 9.53 Å². The fourth-order valence-electron chi connectivity index (χ4n) is 1.02. The van der Waals surface area contributed by atoms with Crippen LogP contribution in [0.3, 0.4) is 0 Å². The molecular formula is C7H12O2. The Kier molecular flexibility index (Phi) is 2.22. The van der Waals surface area contributed by atoms with Crippen LogP contribution in [0.15, 0.2) is 0 Å². The highest BCUT2D eigenvalue weighted by Crippen LogP contribution is 2.09. The average molecular weight is 128 g/mol. The summed E-state index contributed by atoms with van der Waals surface area (Å²) in [5.41, 5.74) is 0. The summed E-state index contributed by atoms with van der Waals surface area (Å²) >= 11 is 0. The van der Waals surface area contributed by atoms with Gasteiger partial charge in [0.15, 0.2) is 0 Å². The lowest BCUT2D eigenvalue weighted by Crippen LogP contribution is -2.04. The molecule has 0 radical (unpaired) electrons. The summed E-state index contributed by atoms with van der Waals surface area (Å²) in [5.74, 6) is 0.778. The fourth-order valence-corrected chi connectivity index (χ4v) is 1.02. The molecule has 0 spiro atoms. The topological polar surface area (TPSA) is 26.3 Å². The first kappa shape index (κ1) is 6.75. The van der Waals surface area contributed by atoms with E-state index in [2.05, 4.69) is 0 Å². The second-order valence-corrected chi connectivity index (χ2v) is 2.67. The van der Waals surface area contributed by atoms with Crippen molar-refractivity contribution in [2.24, 2.45) is 5.92 Å². The molecule has 0 aromatic heterocycles. The highest BCUT2D eigenvalue weighted by Gasteiger charge is 2.12. The highest BCUT2D eigenvalue weighted by atomic mass is 16.5. The Hall–Kier alpha value is -0.370. The largest absolute Gasteiger partial charge is 0.381 e. The standard InChI is InChI=1S/C7H12O2/c1-6-4-7(8)2-3-9-5-6/h6H,2-5H2,1H3. The second kappa shape index (κ2) is 2.97. The summed E-state index contributed by atoms with van der Waals surface area (Å²) in [6.45, 7) is 3.43. The predicted molar refractivity (Wildman–Crippen MR) is 34.2 cm³/mol. The van der Waals surface area contributed by atoms with Crippen LogP contribution in [0.5, 0.6) is 0 Å². The number of ether oxygens (including phenoxy) is 1. The lowest BCUT2D eigenvalue weighted by Gasteiger charge is -2.02. The third-order valence-electron chi connectivity index (χ3n) is 1.50. The van der Waals surface area contributed by atoms with Crippen molar-refractivity contribution in [2.75, 3.05) is 13.2 Å². The molecule has 52 valence electrons. The minimum Gasteiger partial charge on any atom is -0.381 e. The number of hydrogen-bond donors (Lipinski definition) is 0. The van der Waals surface area contributed by atoms with E-state index in [1.54, 1.807) is 0 Å². The van der Waals surface area contributed by atoms with Gasteiger partial charge in [-0.25, -0.2) is 0 Å². The zero-order valence-corrected chi connectivity index (χ0v) is 5.72. The Morgan fingerprint density at radius 2 is 2.44 bits per heavy atom. The average Bonchev–Trinajstić information content (AvgIpc) is 1.93. The van der Waals surface area contributed by atoms with Gasteiger partial charge in [0.05, 0.1) is 6.61 Å². The number of carbonyl (C=O) groups excluding carboxylic acids is 1. The molecule has 0 aromatic rings. The van der Waals surface area contributed by atoms with E-state index >= 15 is 0 Å². The fraction of sp³-hybridized carbons (Fsp3) is 0.857. The first-order valence-electron chi connectivity index (χ1n) is 3.38. The Bertz CT molecular complexity index is 109. The molecule has 0 saturated carbocycles. The van der Waals surface area contributed by atoms with Gasteiger partial charge in [-0.1, -0.05) is 6.92 Å². The molecule has 1 atom stereocenters. The molecule has 1 heterocycles. The Morgan fingerprint density at radius 1 is 1.67 bits per heavy atom. The predicted octanol–water partition coefficient (Wildman–Crippen LogP) is 1.00. The second-order valence-electron chi connectivity index (χ2n) is 2.67. The van der Waals surface area contributed by atoms with Crippen LogP contribution >= 0.6 is 0 Å². The molecule has 0 amide bonds. The van der Waals surface area contributed by atoms with Gasteiger partial charge in [-0.15, -0.1) is 0 Å². The summed E-state index contributed by atoms with van der Waals surface area (Å²) < 4.78 is 5.16. The van der Waals surface area contributed by atoms with Crippen molar-refractivity contribution in [2.45, 2.75) is 19.8 Å². The van der Waals surface area contributed by atoms with Gasteiger partial charge >= 0.3 is 0 Å². The van der Waals surface area contributed by atoms with Crippen molar-refractivity contribution in [3.63, 3.8) is 0 Å². The number of ketones is 1. The summed E-state index contributed by atoms with van der Waals surface area (Å²) in [7, 11) is 0. The summed E-state index contributed by atoms with van der Waals surface area (Å²) in [6, 6.07) is 0. The van der Waals surface area contributed by atoms with Gasteiger partial charge in [0.25, 0.3) is 0 Å². The molecule has 1 unspecified atom stereocenters. The highest BCUT2D eigenvalue weighted by molar-refractivity contribution is 5.78. The van der Waals surface area contributed by atoms with Crippen LogP contribution in [0.2, 0.25) is 0 Å². The quantitative estimate of drug-likeness (QED) is 0.486. The molecule has 1 aliphatic rings. The maximum Gasteiger partial charge on any atom is 0.135 e. The van der Waals surface area contributed by atoms with E-state index in [1.165, 1.54) is 0 Å².